The number of rotatable bonds is 3. The highest BCUT2D eigenvalue weighted by atomic mass is 79.9. The van der Waals surface area contributed by atoms with Gasteiger partial charge in [0.25, 0.3) is 0 Å². The van der Waals surface area contributed by atoms with E-state index < -0.39 is 0 Å². The molecule has 1 aromatic carbocycles. The smallest absolute Gasteiger partial charge is 0.163 e. The fourth-order valence-electron chi connectivity index (χ4n) is 1.35. The summed E-state index contributed by atoms with van der Waals surface area (Å²) in [5.41, 5.74) is 0.616. The van der Waals surface area contributed by atoms with Crippen molar-refractivity contribution in [3.63, 3.8) is 0 Å². The first-order chi connectivity index (χ1) is 7.16. The zero-order valence-electron chi connectivity index (χ0n) is 8.33. The van der Waals surface area contributed by atoms with E-state index in [0.717, 1.165) is 4.47 Å². The van der Waals surface area contributed by atoms with Gasteiger partial charge in [0.1, 0.15) is 11.9 Å². The van der Waals surface area contributed by atoms with Crippen LogP contribution in [0.1, 0.15) is 17.3 Å². The van der Waals surface area contributed by atoms with Gasteiger partial charge < -0.3 is 9.47 Å². The molecule has 3 nitrogen and oxygen atoms in total. The molecule has 0 aliphatic carbocycles. The predicted octanol–water partition coefficient (Wildman–Crippen LogP) is 2.43. The van der Waals surface area contributed by atoms with E-state index in [1.165, 1.54) is 6.92 Å². The fourth-order valence-corrected chi connectivity index (χ4v) is 1.69. The maximum atomic E-state index is 11.3. The molecule has 1 aliphatic rings. The molecule has 0 radical (unpaired) electrons. The Morgan fingerprint density at radius 3 is 2.80 bits per heavy atom. The molecule has 0 amide bonds. The molecular weight excluding hydrogens is 260 g/mol. The Hall–Kier alpha value is -0.870. The third kappa shape index (κ3) is 2.38. The van der Waals surface area contributed by atoms with Crippen LogP contribution in [0.4, 0.5) is 0 Å². The molecule has 1 saturated heterocycles. The monoisotopic (exact) mass is 270 g/mol. The van der Waals surface area contributed by atoms with E-state index in [0.29, 0.717) is 24.5 Å². The Kier molecular flexibility index (Phi) is 3.07. The van der Waals surface area contributed by atoms with Crippen molar-refractivity contribution in [2.45, 2.75) is 13.0 Å². The van der Waals surface area contributed by atoms with Gasteiger partial charge in [0.05, 0.1) is 18.8 Å². The highest BCUT2D eigenvalue weighted by molar-refractivity contribution is 9.10. The van der Waals surface area contributed by atoms with Crippen LogP contribution in [-0.4, -0.2) is 25.1 Å². The molecule has 0 aromatic heterocycles. The number of benzene rings is 1. The van der Waals surface area contributed by atoms with Gasteiger partial charge in [-0.3, -0.25) is 4.79 Å². The summed E-state index contributed by atoms with van der Waals surface area (Å²) in [6.45, 7) is 2.74. The number of Topliss-reactive ketones (excluding diaryl/α,β-unsaturated/α-hetero) is 1. The highest BCUT2D eigenvalue weighted by Crippen LogP contribution is 2.26. The van der Waals surface area contributed by atoms with Crippen LogP contribution in [0, 0.1) is 0 Å². The van der Waals surface area contributed by atoms with Crippen molar-refractivity contribution < 1.29 is 14.3 Å². The van der Waals surface area contributed by atoms with Crippen LogP contribution < -0.4 is 4.74 Å². The van der Waals surface area contributed by atoms with Crippen molar-refractivity contribution in [3.8, 4) is 5.75 Å². The third-order valence-corrected chi connectivity index (χ3v) is 2.72. The van der Waals surface area contributed by atoms with Gasteiger partial charge in [0, 0.05) is 4.47 Å². The summed E-state index contributed by atoms with van der Waals surface area (Å²) in [7, 11) is 0. The lowest BCUT2D eigenvalue weighted by Crippen LogP contribution is -2.38. The quantitative estimate of drug-likeness (QED) is 0.792. The second-order valence-electron chi connectivity index (χ2n) is 3.47. The summed E-state index contributed by atoms with van der Waals surface area (Å²) in [5, 5.41) is 0. The molecule has 0 unspecified atom stereocenters. The van der Waals surface area contributed by atoms with E-state index in [2.05, 4.69) is 15.9 Å². The summed E-state index contributed by atoms with van der Waals surface area (Å²) >= 11 is 3.35. The maximum Gasteiger partial charge on any atom is 0.163 e. The van der Waals surface area contributed by atoms with Crippen molar-refractivity contribution in [1.82, 2.24) is 0 Å². The van der Waals surface area contributed by atoms with Crippen molar-refractivity contribution >= 4 is 21.7 Å². The zero-order valence-corrected chi connectivity index (χ0v) is 9.91. The molecule has 0 spiro atoms. The number of ketones is 1. The van der Waals surface area contributed by atoms with E-state index in [9.17, 15) is 4.79 Å². The average Bonchev–Trinajstić information content (AvgIpc) is 2.11. The van der Waals surface area contributed by atoms with Crippen molar-refractivity contribution in [3.05, 3.63) is 28.2 Å². The first-order valence-corrected chi connectivity index (χ1v) is 5.51. The number of ether oxygens (including phenoxy) is 2. The molecule has 1 aromatic rings. The molecule has 0 atom stereocenters. The zero-order chi connectivity index (χ0) is 10.8. The normalized spacial score (nSPS) is 15.9. The van der Waals surface area contributed by atoms with E-state index >= 15 is 0 Å². The number of halogens is 1. The van der Waals surface area contributed by atoms with Crippen LogP contribution >= 0.6 is 15.9 Å². The predicted molar refractivity (Wildman–Crippen MR) is 59.4 cm³/mol. The van der Waals surface area contributed by atoms with E-state index in [-0.39, 0.29) is 11.9 Å². The van der Waals surface area contributed by atoms with Crippen LogP contribution in [0.15, 0.2) is 22.7 Å². The lowest BCUT2D eigenvalue weighted by atomic mass is 10.1. The minimum atomic E-state index is 0.0118. The van der Waals surface area contributed by atoms with Gasteiger partial charge in [0.15, 0.2) is 5.78 Å². The molecule has 80 valence electrons. The molecule has 0 saturated carbocycles. The molecular formula is C11H11BrO3. The molecule has 0 bridgehead atoms. The fraction of sp³-hybridized carbons (Fsp3) is 0.364. The SMILES string of the molecule is CC(=O)c1ccc(Br)cc1OC1COC1. The van der Waals surface area contributed by atoms with Gasteiger partial charge in [-0.25, -0.2) is 0 Å². The Labute approximate surface area is 96.5 Å². The minimum Gasteiger partial charge on any atom is -0.485 e. The molecule has 1 heterocycles. The molecule has 4 heteroatoms. The average molecular weight is 271 g/mol. The highest BCUT2D eigenvalue weighted by Gasteiger charge is 2.22. The Morgan fingerprint density at radius 1 is 1.53 bits per heavy atom. The van der Waals surface area contributed by atoms with Crippen LogP contribution in [0.3, 0.4) is 0 Å². The van der Waals surface area contributed by atoms with Gasteiger partial charge in [-0.2, -0.15) is 0 Å². The third-order valence-electron chi connectivity index (χ3n) is 2.22. The summed E-state index contributed by atoms with van der Waals surface area (Å²) < 4.78 is 11.6. The van der Waals surface area contributed by atoms with E-state index in [4.69, 9.17) is 9.47 Å². The topological polar surface area (TPSA) is 35.5 Å². The number of carbonyl (C=O) groups is 1. The summed E-state index contributed by atoms with van der Waals surface area (Å²) in [5.74, 6) is 0.642. The number of hydrogen-bond donors (Lipinski definition) is 0. The lowest BCUT2D eigenvalue weighted by Gasteiger charge is -2.27. The maximum absolute atomic E-state index is 11.3. The van der Waals surface area contributed by atoms with Crippen molar-refractivity contribution in [2.24, 2.45) is 0 Å². The molecule has 0 N–H and O–H groups in total. The first kappa shape index (κ1) is 10.6. The van der Waals surface area contributed by atoms with E-state index in [1.807, 2.05) is 12.1 Å². The van der Waals surface area contributed by atoms with Crippen molar-refractivity contribution in [2.75, 3.05) is 13.2 Å². The number of hydrogen-bond acceptors (Lipinski definition) is 3. The van der Waals surface area contributed by atoms with Gasteiger partial charge in [-0.05, 0) is 25.1 Å². The Morgan fingerprint density at radius 2 is 2.27 bits per heavy atom. The largest absolute Gasteiger partial charge is 0.485 e. The first-order valence-electron chi connectivity index (χ1n) is 4.71. The molecule has 15 heavy (non-hydrogen) atoms. The van der Waals surface area contributed by atoms with Crippen LogP contribution in [-0.2, 0) is 4.74 Å². The van der Waals surface area contributed by atoms with Crippen LogP contribution in [0.2, 0.25) is 0 Å². The standard InChI is InChI=1S/C11H11BrO3/c1-7(13)10-3-2-8(12)4-11(10)15-9-5-14-6-9/h2-4,9H,5-6H2,1H3. The second kappa shape index (κ2) is 4.33. The Bertz CT molecular complexity index is 385. The van der Waals surface area contributed by atoms with Gasteiger partial charge >= 0.3 is 0 Å². The minimum absolute atomic E-state index is 0.0118. The summed E-state index contributed by atoms with van der Waals surface area (Å²) in [6.07, 6.45) is 0.0809. The molecule has 1 fully saturated rings. The summed E-state index contributed by atoms with van der Waals surface area (Å²) in [6, 6.07) is 5.41. The number of carbonyl (C=O) groups excluding carboxylic acids is 1. The molecule has 2 rings (SSSR count). The van der Waals surface area contributed by atoms with Gasteiger partial charge in [-0.15, -0.1) is 0 Å². The lowest BCUT2D eigenvalue weighted by molar-refractivity contribution is -0.0798. The summed E-state index contributed by atoms with van der Waals surface area (Å²) in [4.78, 5) is 11.3. The van der Waals surface area contributed by atoms with Crippen LogP contribution in [0.5, 0.6) is 5.75 Å². The van der Waals surface area contributed by atoms with Gasteiger partial charge in [0.2, 0.25) is 0 Å². The molecule has 1 aliphatic heterocycles. The Balaban J connectivity index is 2.24. The van der Waals surface area contributed by atoms with Crippen LogP contribution in [0.25, 0.3) is 0 Å². The second-order valence-corrected chi connectivity index (χ2v) is 4.39. The van der Waals surface area contributed by atoms with E-state index in [1.54, 1.807) is 6.07 Å². The van der Waals surface area contributed by atoms with Crippen molar-refractivity contribution in [1.29, 1.82) is 0 Å². The van der Waals surface area contributed by atoms with Gasteiger partial charge in [-0.1, -0.05) is 15.9 Å².